The summed E-state index contributed by atoms with van der Waals surface area (Å²) in [6, 6.07) is 8.61. The molecule has 1 unspecified atom stereocenters. The molecule has 1 aromatic carbocycles. The molecule has 0 saturated carbocycles. The summed E-state index contributed by atoms with van der Waals surface area (Å²) in [4.78, 5) is 16.6. The highest BCUT2D eigenvalue weighted by Crippen LogP contribution is 2.38. The molecule has 92 valence electrons. The molecular formula is C15H15NOS. The van der Waals surface area contributed by atoms with Crippen LogP contribution in [0.15, 0.2) is 30.5 Å². The van der Waals surface area contributed by atoms with Crippen molar-refractivity contribution in [1.29, 1.82) is 0 Å². The molecule has 1 aromatic heterocycles. The van der Waals surface area contributed by atoms with Crippen LogP contribution in [0.3, 0.4) is 0 Å². The molecule has 1 aliphatic carbocycles. The van der Waals surface area contributed by atoms with Gasteiger partial charge in [-0.2, -0.15) is 0 Å². The Morgan fingerprint density at radius 1 is 1.39 bits per heavy atom. The van der Waals surface area contributed by atoms with E-state index in [9.17, 15) is 4.79 Å². The van der Waals surface area contributed by atoms with E-state index in [2.05, 4.69) is 29.2 Å². The van der Waals surface area contributed by atoms with Crippen LogP contribution in [0.25, 0.3) is 0 Å². The van der Waals surface area contributed by atoms with E-state index in [0.717, 1.165) is 22.7 Å². The standard InChI is InChI=1S/C15H15NOS/c1-10(17)14-9-16-15(18-14)13-8-4-6-11-5-2-3-7-12(11)13/h2-3,5,7,9,13H,4,6,8H2,1H3. The topological polar surface area (TPSA) is 30.0 Å². The van der Waals surface area contributed by atoms with Crippen molar-refractivity contribution in [2.45, 2.75) is 32.1 Å². The molecule has 0 N–H and O–H groups in total. The molecule has 3 rings (SSSR count). The smallest absolute Gasteiger partial charge is 0.171 e. The third-order valence-corrected chi connectivity index (χ3v) is 4.75. The van der Waals surface area contributed by atoms with Crippen LogP contribution in [0.5, 0.6) is 0 Å². The van der Waals surface area contributed by atoms with Gasteiger partial charge in [-0.15, -0.1) is 11.3 Å². The van der Waals surface area contributed by atoms with Crippen LogP contribution >= 0.6 is 11.3 Å². The van der Waals surface area contributed by atoms with Crippen LogP contribution in [0, 0.1) is 0 Å². The van der Waals surface area contributed by atoms with Crippen LogP contribution in [-0.4, -0.2) is 10.8 Å². The van der Waals surface area contributed by atoms with Crippen LogP contribution in [0.4, 0.5) is 0 Å². The number of fused-ring (bicyclic) bond motifs is 1. The molecule has 0 radical (unpaired) electrons. The fourth-order valence-electron chi connectivity index (χ4n) is 2.62. The molecule has 0 aliphatic heterocycles. The van der Waals surface area contributed by atoms with Gasteiger partial charge in [0.25, 0.3) is 0 Å². The summed E-state index contributed by atoms with van der Waals surface area (Å²) in [6.45, 7) is 1.60. The first-order valence-electron chi connectivity index (χ1n) is 6.30. The minimum absolute atomic E-state index is 0.114. The van der Waals surface area contributed by atoms with Gasteiger partial charge < -0.3 is 0 Å². The number of aromatic nitrogens is 1. The zero-order chi connectivity index (χ0) is 12.5. The van der Waals surface area contributed by atoms with Crippen molar-refractivity contribution in [2.75, 3.05) is 0 Å². The molecule has 3 heteroatoms. The zero-order valence-corrected chi connectivity index (χ0v) is 11.2. The normalized spacial score (nSPS) is 18.4. The monoisotopic (exact) mass is 257 g/mol. The van der Waals surface area contributed by atoms with E-state index in [1.807, 2.05) is 0 Å². The van der Waals surface area contributed by atoms with E-state index in [1.54, 1.807) is 24.5 Å². The third kappa shape index (κ3) is 1.99. The fraction of sp³-hybridized carbons (Fsp3) is 0.333. The highest BCUT2D eigenvalue weighted by Gasteiger charge is 2.24. The minimum Gasteiger partial charge on any atom is -0.294 e. The van der Waals surface area contributed by atoms with Crippen LogP contribution < -0.4 is 0 Å². The predicted molar refractivity (Wildman–Crippen MR) is 73.3 cm³/mol. The maximum absolute atomic E-state index is 11.4. The minimum atomic E-state index is 0.114. The van der Waals surface area contributed by atoms with E-state index >= 15 is 0 Å². The first kappa shape index (κ1) is 11.6. The number of nitrogens with zero attached hydrogens (tertiary/aromatic N) is 1. The second-order valence-electron chi connectivity index (χ2n) is 4.76. The number of benzene rings is 1. The van der Waals surface area contributed by atoms with E-state index in [0.29, 0.717) is 5.92 Å². The van der Waals surface area contributed by atoms with Gasteiger partial charge in [-0.3, -0.25) is 4.79 Å². The number of carbonyl (C=O) groups excluding carboxylic acids is 1. The molecule has 2 aromatic rings. The number of hydrogen-bond acceptors (Lipinski definition) is 3. The Hall–Kier alpha value is -1.48. The second kappa shape index (κ2) is 4.65. The molecule has 0 bridgehead atoms. The number of ketones is 1. The lowest BCUT2D eigenvalue weighted by Gasteiger charge is -2.23. The summed E-state index contributed by atoms with van der Waals surface area (Å²) < 4.78 is 0. The number of hydrogen-bond donors (Lipinski definition) is 0. The van der Waals surface area contributed by atoms with E-state index < -0.39 is 0 Å². The summed E-state index contributed by atoms with van der Waals surface area (Å²) >= 11 is 1.55. The summed E-state index contributed by atoms with van der Waals surface area (Å²) in [5.74, 6) is 0.496. The molecule has 0 amide bonds. The van der Waals surface area contributed by atoms with Gasteiger partial charge in [-0.05, 0) is 30.4 Å². The van der Waals surface area contributed by atoms with E-state index in [4.69, 9.17) is 0 Å². The Bertz CT molecular complexity index is 588. The summed E-state index contributed by atoms with van der Waals surface area (Å²) in [7, 11) is 0. The summed E-state index contributed by atoms with van der Waals surface area (Å²) in [6.07, 6.45) is 5.23. The first-order chi connectivity index (χ1) is 8.75. The molecule has 1 heterocycles. The van der Waals surface area contributed by atoms with Gasteiger partial charge >= 0.3 is 0 Å². The average Bonchev–Trinajstić information content (AvgIpc) is 2.87. The Morgan fingerprint density at radius 3 is 3.00 bits per heavy atom. The van der Waals surface area contributed by atoms with Gasteiger partial charge in [0.05, 0.1) is 4.88 Å². The first-order valence-corrected chi connectivity index (χ1v) is 7.12. The SMILES string of the molecule is CC(=O)c1cnc(C2CCCc3ccccc32)s1. The summed E-state index contributed by atoms with van der Waals surface area (Å²) in [5.41, 5.74) is 2.83. The van der Waals surface area contributed by atoms with Crippen LogP contribution in [0.1, 0.15) is 51.5 Å². The number of rotatable bonds is 2. The van der Waals surface area contributed by atoms with Crippen molar-refractivity contribution in [3.63, 3.8) is 0 Å². The zero-order valence-electron chi connectivity index (χ0n) is 10.3. The maximum atomic E-state index is 11.4. The van der Waals surface area contributed by atoms with Crippen LogP contribution in [0.2, 0.25) is 0 Å². The number of carbonyl (C=O) groups is 1. The highest BCUT2D eigenvalue weighted by atomic mass is 32.1. The Morgan fingerprint density at radius 2 is 2.22 bits per heavy atom. The Labute approximate surface area is 111 Å². The molecular weight excluding hydrogens is 242 g/mol. The van der Waals surface area contributed by atoms with Gasteiger partial charge in [-0.25, -0.2) is 4.98 Å². The molecule has 0 spiro atoms. The maximum Gasteiger partial charge on any atom is 0.171 e. The van der Waals surface area contributed by atoms with Gasteiger partial charge in [0.15, 0.2) is 5.78 Å². The van der Waals surface area contributed by atoms with Crippen molar-refractivity contribution in [1.82, 2.24) is 4.98 Å². The highest BCUT2D eigenvalue weighted by molar-refractivity contribution is 7.13. The van der Waals surface area contributed by atoms with Gasteiger partial charge in [-0.1, -0.05) is 24.3 Å². The molecule has 2 nitrogen and oxygen atoms in total. The molecule has 1 atom stereocenters. The van der Waals surface area contributed by atoms with Gasteiger partial charge in [0.2, 0.25) is 0 Å². The van der Waals surface area contributed by atoms with E-state index in [1.165, 1.54) is 17.5 Å². The van der Waals surface area contributed by atoms with Gasteiger partial charge in [0.1, 0.15) is 5.01 Å². The molecule has 0 fully saturated rings. The molecule has 18 heavy (non-hydrogen) atoms. The van der Waals surface area contributed by atoms with E-state index in [-0.39, 0.29) is 5.78 Å². The molecule has 1 aliphatic rings. The Kier molecular flexibility index (Phi) is 3.00. The van der Waals surface area contributed by atoms with Crippen molar-refractivity contribution < 1.29 is 4.79 Å². The lowest BCUT2D eigenvalue weighted by Crippen LogP contribution is -2.10. The van der Waals surface area contributed by atoms with Crippen LogP contribution in [-0.2, 0) is 6.42 Å². The lowest BCUT2D eigenvalue weighted by molar-refractivity contribution is 0.102. The van der Waals surface area contributed by atoms with Gasteiger partial charge in [0, 0.05) is 19.0 Å². The number of Topliss-reactive ketones (excluding diaryl/α,β-unsaturated/α-hetero) is 1. The van der Waals surface area contributed by atoms with Crippen molar-refractivity contribution in [3.05, 3.63) is 51.5 Å². The predicted octanol–water partition coefficient (Wildman–Crippen LogP) is 3.81. The Balaban J connectivity index is 2.00. The fourth-order valence-corrected chi connectivity index (χ4v) is 3.59. The lowest BCUT2D eigenvalue weighted by atomic mass is 9.83. The van der Waals surface area contributed by atoms with Crippen molar-refractivity contribution >= 4 is 17.1 Å². The largest absolute Gasteiger partial charge is 0.294 e. The third-order valence-electron chi connectivity index (χ3n) is 3.54. The molecule has 0 saturated heterocycles. The number of thiazole rings is 1. The average molecular weight is 257 g/mol. The quantitative estimate of drug-likeness (QED) is 0.766. The van der Waals surface area contributed by atoms with Crippen molar-refractivity contribution in [3.8, 4) is 0 Å². The number of aryl methyl sites for hydroxylation is 1. The second-order valence-corrected chi connectivity index (χ2v) is 5.82. The summed E-state index contributed by atoms with van der Waals surface area (Å²) in [5, 5.41) is 1.09. The van der Waals surface area contributed by atoms with Crippen molar-refractivity contribution in [2.24, 2.45) is 0 Å².